The van der Waals surface area contributed by atoms with Gasteiger partial charge in [0.15, 0.2) is 0 Å². The van der Waals surface area contributed by atoms with Gasteiger partial charge in [0.25, 0.3) is 0 Å². The Labute approximate surface area is 190 Å². The van der Waals surface area contributed by atoms with Crippen LogP contribution in [0.2, 0.25) is 0 Å². The van der Waals surface area contributed by atoms with Gasteiger partial charge in [0.05, 0.1) is 35.3 Å². The van der Waals surface area contributed by atoms with E-state index >= 15 is 0 Å². The largest absolute Gasteiger partial charge is 0.472 e. The van der Waals surface area contributed by atoms with Crippen LogP contribution in [0.5, 0.6) is 0 Å². The molecule has 8 bridgehead atoms. The number of aromatic amines is 2. The fourth-order valence-electron chi connectivity index (χ4n) is 3.28. The molecule has 2 aliphatic rings. The van der Waals surface area contributed by atoms with Gasteiger partial charge in [-0.2, -0.15) is 0 Å². The first-order valence-electron chi connectivity index (χ1n) is 9.73. The van der Waals surface area contributed by atoms with E-state index in [1.807, 2.05) is 55.5 Å². The summed E-state index contributed by atoms with van der Waals surface area (Å²) in [7, 11) is 0. The van der Waals surface area contributed by atoms with E-state index in [4.69, 9.17) is 4.42 Å². The number of aromatic nitrogens is 4. The van der Waals surface area contributed by atoms with Gasteiger partial charge >= 0.3 is 0 Å². The molecule has 0 amide bonds. The summed E-state index contributed by atoms with van der Waals surface area (Å²) in [6.45, 7) is 1.99. The van der Waals surface area contributed by atoms with Crippen LogP contribution in [0, 0.1) is 6.92 Å². The molecule has 2 N–H and O–H groups in total. The Hall–Kier alpha value is -3.60. The first-order chi connectivity index (χ1) is 14.7. The van der Waals surface area contributed by atoms with Gasteiger partial charge in [-0.15, -0.1) is 0 Å². The third-order valence-electron chi connectivity index (χ3n) is 4.71. The van der Waals surface area contributed by atoms with Crippen molar-refractivity contribution >= 4 is 46.4 Å². The summed E-state index contributed by atoms with van der Waals surface area (Å²) in [6.07, 6.45) is 11.4. The molecule has 6 heteroatoms. The topological polar surface area (TPSA) is 70.5 Å². The van der Waals surface area contributed by atoms with E-state index in [0.29, 0.717) is 0 Å². The molecule has 153 valence electrons. The third kappa shape index (κ3) is 5.12. The van der Waals surface area contributed by atoms with Crippen LogP contribution < -0.4 is 0 Å². The Kier molecular flexibility index (Phi) is 6.03. The molecule has 0 aliphatic carbocycles. The van der Waals surface area contributed by atoms with Crippen molar-refractivity contribution in [1.29, 1.82) is 0 Å². The maximum absolute atomic E-state index is 4.71. The number of fused-ring (bicyclic) bond motifs is 8. The second-order valence-corrected chi connectivity index (χ2v) is 7.21. The zero-order chi connectivity index (χ0) is 20.3. The van der Waals surface area contributed by atoms with Gasteiger partial charge in [-0.1, -0.05) is 0 Å². The van der Waals surface area contributed by atoms with Gasteiger partial charge < -0.3 is 14.4 Å². The van der Waals surface area contributed by atoms with Crippen LogP contribution in [-0.4, -0.2) is 19.9 Å². The summed E-state index contributed by atoms with van der Waals surface area (Å²) in [6, 6.07) is 18.3. The number of nitrogens with zero attached hydrogens (tertiary/aromatic N) is 2. The minimum atomic E-state index is 0. The predicted molar refractivity (Wildman–Crippen MR) is 122 cm³/mol. The van der Waals surface area contributed by atoms with Gasteiger partial charge in [0.1, 0.15) is 0 Å². The second-order valence-electron chi connectivity index (χ2n) is 7.21. The van der Waals surface area contributed by atoms with Crippen molar-refractivity contribution in [1.82, 2.24) is 19.9 Å². The number of furan rings is 1. The van der Waals surface area contributed by atoms with Crippen LogP contribution in [0.15, 0.2) is 71.5 Å². The number of hydrogen-bond donors (Lipinski definition) is 2. The summed E-state index contributed by atoms with van der Waals surface area (Å²) < 4.78 is 4.71. The van der Waals surface area contributed by atoms with E-state index in [9.17, 15) is 0 Å². The minimum absolute atomic E-state index is 0. The van der Waals surface area contributed by atoms with Crippen molar-refractivity contribution in [3.05, 3.63) is 95.5 Å². The van der Waals surface area contributed by atoms with Gasteiger partial charge in [-0.3, -0.25) is 0 Å². The molecule has 6 heterocycles. The Morgan fingerprint density at radius 3 is 1.45 bits per heavy atom. The zero-order valence-electron chi connectivity index (χ0n) is 16.8. The molecule has 0 unspecified atom stereocenters. The SMILES string of the molecule is C1=Cc2cc3ccc(cc4ccc(cc5nc(cc1n2)C=C5)[nH]4)[nH]3.Cc1ccoc1.[Mn]. The molecule has 0 fully saturated rings. The van der Waals surface area contributed by atoms with E-state index in [2.05, 4.69) is 50.3 Å². The van der Waals surface area contributed by atoms with E-state index in [0.717, 1.165) is 44.8 Å². The van der Waals surface area contributed by atoms with Gasteiger partial charge in [0.2, 0.25) is 0 Å². The first-order valence-corrected chi connectivity index (χ1v) is 9.73. The molecule has 1 radical (unpaired) electrons. The number of rotatable bonds is 0. The molecule has 0 saturated heterocycles. The van der Waals surface area contributed by atoms with E-state index < -0.39 is 0 Å². The van der Waals surface area contributed by atoms with Crippen molar-refractivity contribution in [3.8, 4) is 0 Å². The number of aryl methyl sites for hydroxylation is 1. The number of hydrogen-bond acceptors (Lipinski definition) is 3. The zero-order valence-corrected chi connectivity index (χ0v) is 18.0. The Morgan fingerprint density at radius 2 is 1.06 bits per heavy atom. The van der Waals surface area contributed by atoms with Crippen LogP contribution in [0.1, 0.15) is 28.3 Å². The van der Waals surface area contributed by atoms with Gasteiger partial charge in [-0.25, -0.2) is 9.97 Å². The monoisotopic (exact) mass is 447 g/mol. The van der Waals surface area contributed by atoms with Crippen molar-refractivity contribution in [2.24, 2.45) is 0 Å². The number of nitrogens with one attached hydrogen (secondary N) is 2. The quantitative estimate of drug-likeness (QED) is 0.271. The Balaban J connectivity index is 0.000000288. The molecule has 31 heavy (non-hydrogen) atoms. The predicted octanol–water partition coefficient (Wildman–Crippen LogP) is 6.24. The van der Waals surface area contributed by atoms with Crippen molar-refractivity contribution in [3.63, 3.8) is 0 Å². The Morgan fingerprint density at radius 1 is 0.613 bits per heavy atom. The third-order valence-corrected chi connectivity index (χ3v) is 4.71. The van der Waals surface area contributed by atoms with Crippen LogP contribution in [0.25, 0.3) is 46.4 Å². The maximum Gasteiger partial charge on any atom is 0.0931 e. The molecule has 5 nitrogen and oxygen atoms in total. The summed E-state index contributed by atoms with van der Waals surface area (Å²) in [4.78, 5) is 16.0. The maximum atomic E-state index is 4.71. The molecular formula is C25H20MnN4O. The smallest absolute Gasteiger partial charge is 0.0931 e. The number of H-pyrrole nitrogens is 2. The minimum Gasteiger partial charge on any atom is -0.472 e. The molecule has 0 atom stereocenters. The first kappa shape index (κ1) is 20.7. The summed E-state index contributed by atoms with van der Waals surface area (Å²) in [5.41, 5.74) is 9.04. The molecule has 6 rings (SSSR count). The average Bonchev–Trinajstić information content (AvgIpc) is 3.52. The van der Waals surface area contributed by atoms with Crippen molar-refractivity contribution in [2.45, 2.75) is 6.92 Å². The normalized spacial score (nSPS) is 11.5. The molecule has 0 aromatic carbocycles. The second kappa shape index (κ2) is 9.04. The average molecular weight is 447 g/mol. The fourth-order valence-corrected chi connectivity index (χ4v) is 3.28. The van der Waals surface area contributed by atoms with E-state index in [1.54, 1.807) is 12.5 Å². The van der Waals surface area contributed by atoms with E-state index in [1.165, 1.54) is 5.56 Å². The van der Waals surface area contributed by atoms with Crippen molar-refractivity contribution < 1.29 is 21.5 Å². The Bertz CT molecular complexity index is 1320. The molecule has 4 aromatic heterocycles. The summed E-state index contributed by atoms with van der Waals surface area (Å²) in [5, 5.41) is 0. The molecule has 2 aliphatic heterocycles. The molecule has 4 aromatic rings. The molecular weight excluding hydrogens is 427 g/mol. The van der Waals surface area contributed by atoms with Crippen LogP contribution >= 0.6 is 0 Å². The fraction of sp³-hybridized carbons (Fsp3) is 0.0400. The van der Waals surface area contributed by atoms with E-state index in [-0.39, 0.29) is 17.1 Å². The summed E-state index contributed by atoms with van der Waals surface area (Å²) in [5.74, 6) is 0. The standard InChI is InChI=1S/C20H14N4.C5H6O.Mn/c1-2-14-10-16-5-6-18(23-16)12-20-8-7-19(24-20)11-17-4-3-15(22-17)9-13(1)21-14;1-5-2-3-6-4-5;/h1-12,21-22H;2-4H,1H3;. The van der Waals surface area contributed by atoms with Crippen LogP contribution in [0.3, 0.4) is 0 Å². The summed E-state index contributed by atoms with van der Waals surface area (Å²) >= 11 is 0. The van der Waals surface area contributed by atoms with Gasteiger partial charge in [-0.05, 0) is 91.4 Å². The van der Waals surface area contributed by atoms with Crippen LogP contribution in [0.4, 0.5) is 0 Å². The molecule has 0 saturated carbocycles. The van der Waals surface area contributed by atoms with Crippen LogP contribution in [-0.2, 0) is 17.1 Å². The van der Waals surface area contributed by atoms with Gasteiger partial charge in [0, 0.05) is 39.1 Å². The van der Waals surface area contributed by atoms with Crippen molar-refractivity contribution in [2.75, 3.05) is 0 Å². The molecule has 0 spiro atoms.